The lowest BCUT2D eigenvalue weighted by Gasteiger charge is -2.10. The fourth-order valence-corrected chi connectivity index (χ4v) is 2.17. The number of hydrogen-bond donors (Lipinski definition) is 2. The number of pyridine rings is 1. The Morgan fingerprint density at radius 3 is 2.65 bits per heavy atom. The molecule has 0 fully saturated rings. The molecule has 0 saturated heterocycles. The van der Waals surface area contributed by atoms with Gasteiger partial charge in [-0.25, -0.2) is 4.79 Å². The lowest BCUT2D eigenvalue weighted by molar-refractivity contribution is -0.385. The van der Waals surface area contributed by atoms with Crippen molar-refractivity contribution in [1.29, 1.82) is 0 Å². The smallest absolute Gasteiger partial charge is 0.412 e. The van der Waals surface area contributed by atoms with E-state index in [0.29, 0.717) is 5.69 Å². The van der Waals surface area contributed by atoms with Crippen LogP contribution in [0.3, 0.4) is 0 Å². The van der Waals surface area contributed by atoms with E-state index in [1.54, 1.807) is 12.1 Å². The maximum absolute atomic E-state index is 12.0. The minimum absolute atomic E-state index is 0.0450. The van der Waals surface area contributed by atoms with Gasteiger partial charge in [0.05, 0.1) is 16.3 Å². The first-order chi connectivity index (χ1) is 12.5. The van der Waals surface area contributed by atoms with Gasteiger partial charge in [0, 0.05) is 12.5 Å². The summed E-state index contributed by atoms with van der Waals surface area (Å²) in [6.45, 7) is 0.0450. The summed E-state index contributed by atoms with van der Waals surface area (Å²) in [5.74, 6) is -0.955. The summed E-state index contributed by atoms with van der Waals surface area (Å²) in [6, 6.07) is 10.2. The average Bonchev–Trinajstić information content (AvgIpc) is 2.61. The van der Waals surface area contributed by atoms with Gasteiger partial charge in [0.2, 0.25) is 0 Å². The van der Waals surface area contributed by atoms with Crippen LogP contribution in [-0.4, -0.2) is 27.1 Å². The Bertz CT molecular complexity index is 794. The summed E-state index contributed by atoms with van der Waals surface area (Å²) in [5.41, 5.74) is 0.989. The van der Waals surface area contributed by atoms with Crippen molar-refractivity contribution in [3.8, 4) is 0 Å². The van der Waals surface area contributed by atoms with Gasteiger partial charge in [-0.3, -0.25) is 25.2 Å². The first-order valence-electron chi connectivity index (χ1n) is 7.78. The second kappa shape index (κ2) is 9.11. The quantitative estimate of drug-likeness (QED) is 0.546. The normalized spacial score (nSPS) is 10.2. The SMILES string of the molecule is O=C(O)CCCc1ncc([N+](=O)[O-])cc1NC(=O)OCc1ccccc1. The molecule has 0 aliphatic rings. The molecule has 1 amide bonds. The molecule has 26 heavy (non-hydrogen) atoms. The third kappa shape index (κ3) is 5.86. The number of nitrogens with one attached hydrogen (secondary N) is 1. The van der Waals surface area contributed by atoms with Crippen LogP contribution in [-0.2, 0) is 22.6 Å². The molecule has 0 saturated carbocycles. The summed E-state index contributed by atoms with van der Waals surface area (Å²) < 4.78 is 5.09. The third-order valence-electron chi connectivity index (χ3n) is 3.42. The van der Waals surface area contributed by atoms with Crippen molar-refractivity contribution in [1.82, 2.24) is 4.98 Å². The highest BCUT2D eigenvalue weighted by molar-refractivity contribution is 5.85. The Hall–Kier alpha value is -3.49. The molecule has 0 spiro atoms. The predicted molar refractivity (Wildman–Crippen MR) is 91.7 cm³/mol. The number of benzene rings is 1. The fourth-order valence-electron chi connectivity index (χ4n) is 2.17. The van der Waals surface area contributed by atoms with Gasteiger partial charge in [0.15, 0.2) is 0 Å². The molecule has 9 nitrogen and oxygen atoms in total. The Balaban J connectivity index is 2.05. The number of hydrogen-bond acceptors (Lipinski definition) is 6. The van der Waals surface area contributed by atoms with Crippen LogP contribution >= 0.6 is 0 Å². The Morgan fingerprint density at radius 1 is 1.27 bits per heavy atom. The number of anilines is 1. The summed E-state index contributed by atoms with van der Waals surface area (Å²) in [5, 5.41) is 22.0. The van der Waals surface area contributed by atoms with E-state index in [4.69, 9.17) is 9.84 Å². The van der Waals surface area contributed by atoms with Crippen molar-refractivity contribution < 1.29 is 24.4 Å². The van der Waals surface area contributed by atoms with E-state index in [2.05, 4.69) is 10.3 Å². The van der Waals surface area contributed by atoms with Crippen LogP contribution < -0.4 is 5.32 Å². The molecule has 2 N–H and O–H groups in total. The number of aromatic nitrogens is 1. The van der Waals surface area contributed by atoms with Gasteiger partial charge in [0.1, 0.15) is 12.8 Å². The molecule has 0 aliphatic carbocycles. The zero-order valence-corrected chi connectivity index (χ0v) is 13.8. The molecule has 0 unspecified atom stereocenters. The highest BCUT2D eigenvalue weighted by atomic mass is 16.6. The fraction of sp³-hybridized carbons (Fsp3) is 0.235. The van der Waals surface area contributed by atoms with E-state index in [-0.39, 0.29) is 37.2 Å². The molecule has 1 aromatic carbocycles. The van der Waals surface area contributed by atoms with E-state index in [1.807, 2.05) is 18.2 Å². The minimum Gasteiger partial charge on any atom is -0.481 e. The van der Waals surface area contributed by atoms with Crippen molar-refractivity contribution in [3.63, 3.8) is 0 Å². The van der Waals surface area contributed by atoms with Crippen LogP contribution in [0.5, 0.6) is 0 Å². The molecule has 9 heteroatoms. The number of amides is 1. The molecule has 2 rings (SSSR count). The second-order valence-corrected chi connectivity index (χ2v) is 5.38. The van der Waals surface area contributed by atoms with E-state index < -0.39 is 17.0 Å². The van der Waals surface area contributed by atoms with E-state index in [0.717, 1.165) is 11.8 Å². The molecule has 2 aromatic rings. The maximum Gasteiger partial charge on any atom is 0.412 e. The number of carbonyl (C=O) groups excluding carboxylic acids is 1. The van der Waals surface area contributed by atoms with Gasteiger partial charge in [-0.05, 0) is 18.4 Å². The van der Waals surface area contributed by atoms with E-state index >= 15 is 0 Å². The molecular formula is C17H17N3O6. The molecular weight excluding hydrogens is 342 g/mol. The number of rotatable bonds is 8. The van der Waals surface area contributed by atoms with Crippen LogP contribution in [0.15, 0.2) is 42.6 Å². The Labute approximate surface area is 148 Å². The van der Waals surface area contributed by atoms with Crippen molar-refractivity contribution >= 4 is 23.4 Å². The molecule has 0 atom stereocenters. The highest BCUT2D eigenvalue weighted by Gasteiger charge is 2.15. The second-order valence-electron chi connectivity index (χ2n) is 5.38. The van der Waals surface area contributed by atoms with Crippen LogP contribution in [0.25, 0.3) is 0 Å². The van der Waals surface area contributed by atoms with Crippen LogP contribution in [0.1, 0.15) is 24.1 Å². The first-order valence-corrected chi connectivity index (χ1v) is 7.78. The lowest BCUT2D eigenvalue weighted by Crippen LogP contribution is -2.15. The average molecular weight is 359 g/mol. The molecule has 0 aliphatic heterocycles. The van der Waals surface area contributed by atoms with Gasteiger partial charge < -0.3 is 9.84 Å². The number of ether oxygens (including phenoxy) is 1. The molecule has 1 aromatic heterocycles. The minimum atomic E-state index is -0.955. The number of nitrogens with zero attached hydrogens (tertiary/aromatic N) is 2. The Morgan fingerprint density at radius 2 is 2.00 bits per heavy atom. The van der Waals surface area contributed by atoms with Gasteiger partial charge in [-0.1, -0.05) is 30.3 Å². The van der Waals surface area contributed by atoms with Gasteiger partial charge in [-0.15, -0.1) is 0 Å². The van der Waals surface area contributed by atoms with Gasteiger partial charge in [0.25, 0.3) is 5.69 Å². The monoisotopic (exact) mass is 359 g/mol. The number of carbonyl (C=O) groups is 2. The van der Waals surface area contributed by atoms with Crippen molar-refractivity contribution in [2.24, 2.45) is 0 Å². The van der Waals surface area contributed by atoms with Crippen molar-refractivity contribution in [2.75, 3.05) is 5.32 Å². The summed E-state index contributed by atoms with van der Waals surface area (Å²) in [7, 11) is 0. The summed E-state index contributed by atoms with van der Waals surface area (Å²) >= 11 is 0. The van der Waals surface area contributed by atoms with Crippen LogP contribution in [0.4, 0.5) is 16.2 Å². The number of carboxylic acids is 1. The summed E-state index contributed by atoms with van der Waals surface area (Å²) in [6.07, 6.45) is 0.746. The number of carboxylic acid groups (broad SMARTS) is 1. The number of nitro groups is 1. The van der Waals surface area contributed by atoms with Crippen LogP contribution in [0.2, 0.25) is 0 Å². The first kappa shape index (κ1) is 18.8. The van der Waals surface area contributed by atoms with Gasteiger partial charge >= 0.3 is 12.1 Å². The standard InChI is InChI=1S/C17H17N3O6/c21-16(22)8-4-7-14-15(9-13(10-18-14)20(24)25)19-17(23)26-11-12-5-2-1-3-6-12/h1-3,5-6,9-10H,4,7-8,11H2,(H,19,23)(H,21,22). The van der Waals surface area contributed by atoms with E-state index in [1.165, 1.54) is 6.07 Å². The Kier molecular flexibility index (Phi) is 6.60. The van der Waals surface area contributed by atoms with E-state index in [9.17, 15) is 19.7 Å². The number of aliphatic carboxylic acids is 1. The summed E-state index contributed by atoms with van der Waals surface area (Å²) in [4.78, 5) is 36.8. The van der Waals surface area contributed by atoms with Gasteiger partial charge in [-0.2, -0.15) is 0 Å². The predicted octanol–water partition coefficient (Wildman–Crippen LogP) is 3.15. The molecule has 1 heterocycles. The van der Waals surface area contributed by atoms with Crippen molar-refractivity contribution in [3.05, 3.63) is 64.0 Å². The zero-order valence-electron chi connectivity index (χ0n) is 13.8. The highest BCUT2D eigenvalue weighted by Crippen LogP contribution is 2.22. The molecule has 136 valence electrons. The number of aryl methyl sites for hydroxylation is 1. The molecule has 0 bridgehead atoms. The van der Waals surface area contributed by atoms with Crippen LogP contribution in [0, 0.1) is 10.1 Å². The molecule has 0 radical (unpaired) electrons. The third-order valence-corrected chi connectivity index (χ3v) is 3.42. The zero-order chi connectivity index (χ0) is 18.9. The largest absolute Gasteiger partial charge is 0.481 e. The lowest BCUT2D eigenvalue weighted by atomic mass is 10.1. The topological polar surface area (TPSA) is 132 Å². The maximum atomic E-state index is 12.0. The van der Waals surface area contributed by atoms with Crippen molar-refractivity contribution in [2.45, 2.75) is 25.9 Å².